The van der Waals surface area contributed by atoms with Crippen LogP contribution in [0.2, 0.25) is 0 Å². The Morgan fingerprint density at radius 1 is 0.439 bits per heavy atom. The van der Waals surface area contributed by atoms with Crippen molar-refractivity contribution in [3.8, 4) is 0 Å². The number of esters is 1. The fraction of sp³-hybridized carbons (Fsp3) is 0.961. The number of carbonyl (C=O) groups excluding carboxylic acids is 2. The van der Waals surface area contributed by atoms with Gasteiger partial charge in [0.2, 0.25) is 5.91 Å². The number of hydrogen-bond donors (Lipinski definition) is 3. The molecule has 0 rings (SSSR count). The highest BCUT2D eigenvalue weighted by atomic mass is 16.5. The molecule has 0 radical (unpaired) electrons. The van der Waals surface area contributed by atoms with Gasteiger partial charge >= 0.3 is 5.97 Å². The number of nitrogens with one attached hydrogen (secondary N) is 1. The maximum absolute atomic E-state index is 13.2. The average Bonchev–Trinajstić information content (AvgIpc) is 3.20. The lowest BCUT2D eigenvalue weighted by molar-refractivity contribution is -0.151. The Kier molecular flexibility index (Phi) is 45.0. The minimum atomic E-state index is -0.778. The van der Waals surface area contributed by atoms with Crippen LogP contribution >= 0.6 is 0 Å². The molecular formula is C51H101NO5. The second-order valence-corrected chi connectivity index (χ2v) is 17.9. The van der Waals surface area contributed by atoms with Gasteiger partial charge in [0.05, 0.1) is 25.2 Å². The largest absolute Gasteiger partial charge is 0.462 e. The van der Waals surface area contributed by atoms with E-state index in [0.717, 1.165) is 44.9 Å². The van der Waals surface area contributed by atoms with Crippen molar-refractivity contribution in [2.75, 3.05) is 6.61 Å². The summed E-state index contributed by atoms with van der Waals surface area (Å²) in [7, 11) is 0. The van der Waals surface area contributed by atoms with Crippen LogP contribution < -0.4 is 5.32 Å². The highest BCUT2D eigenvalue weighted by Gasteiger charge is 2.24. The van der Waals surface area contributed by atoms with Crippen LogP contribution in [0.3, 0.4) is 0 Å². The molecule has 0 aliphatic rings. The van der Waals surface area contributed by atoms with Gasteiger partial charge in [-0.2, -0.15) is 0 Å². The monoisotopic (exact) mass is 808 g/mol. The van der Waals surface area contributed by atoms with Crippen LogP contribution in [0, 0.1) is 0 Å². The van der Waals surface area contributed by atoms with Crippen LogP contribution in [0.4, 0.5) is 0 Å². The zero-order valence-corrected chi connectivity index (χ0v) is 38.8. The first kappa shape index (κ1) is 55.9. The summed E-state index contributed by atoms with van der Waals surface area (Å²) in [6.07, 6.45) is 48.7. The molecule has 340 valence electrons. The molecule has 0 saturated heterocycles. The third-order valence-corrected chi connectivity index (χ3v) is 12.2. The highest BCUT2D eigenvalue weighted by molar-refractivity contribution is 5.77. The van der Waals surface area contributed by atoms with Gasteiger partial charge in [-0.05, 0) is 25.7 Å². The first-order valence-corrected chi connectivity index (χ1v) is 25.8. The second-order valence-electron chi connectivity index (χ2n) is 17.9. The lowest BCUT2D eigenvalue weighted by Crippen LogP contribution is -2.46. The SMILES string of the molecule is CCCCCCCCCCCCCCCCCCC(CC(=O)NC(CO)C(O)CCCCCCCCCCCCC)OC(=O)CCCCCCCCCCCCC. The van der Waals surface area contributed by atoms with Crippen molar-refractivity contribution in [2.45, 2.75) is 309 Å². The maximum atomic E-state index is 13.2. The van der Waals surface area contributed by atoms with E-state index in [1.165, 1.54) is 199 Å². The Morgan fingerprint density at radius 2 is 0.737 bits per heavy atom. The first-order chi connectivity index (χ1) is 28.0. The molecule has 0 aliphatic carbocycles. The molecule has 3 N–H and O–H groups in total. The summed E-state index contributed by atoms with van der Waals surface area (Å²) in [6.45, 7) is 6.50. The van der Waals surface area contributed by atoms with Gasteiger partial charge in [-0.25, -0.2) is 0 Å². The Bertz CT molecular complexity index is 821. The molecule has 0 aromatic carbocycles. The van der Waals surface area contributed by atoms with E-state index in [9.17, 15) is 19.8 Å². The average molecular weight is 808 g/mol. The Balaban J connectivity index is 4.51. The molecule has 0 aliphatic heterocycles. The van der Waals surface area contributed by atoms with Gasteiger partial charge in [0.15, 0.2) is 0 Å². The summed E-state index contributed by atoms with van der Waals surface area (Å²) >= 11 is 0. The van der Waals surface area contributed by atoms with Gasteiger partial charge in [0, 0.05) is 6.42 Å². The van der Waals surface area contributed by atoms with Gasteiger partial charge in [0.25, 0.3) is 0 Å². The van der Waals surface area contributed by atoms with E-state index in [4.69, 9.17) is 4.74 Å². The molecule has 1 amide bonds. The normalized spacial score (nSPS) is 13.1. The van der Waals surface area contributed by atoms with E-state index in [1.807, 2.05) is 0 Å². The van der Waals surface area contributed by atoms with Crippen molar-refractivity contribution in [1.82, 2.24) is 5.32 Å². The Labute approximate surface area is 356 Å². The standard InChI is InChI=1S/C51H101NO5/c1-4-7-10-13-16-19-22-23-24-25-26-29-30-33-36-39-42-47(57-51(56)44-41-38-35-32-28-21-18-15-12-9-6-3)45-50(55)52-48(46-53)49(54)43-40-37-34-31-27-20-17-14-11-8-5-2/h47-49,53-54H,4-46H2,1-3H3,(H,52,55). The molecular weight excluding hydrogens is 707 g/mol. The number of aliphatic hydroxyl groups is 2. The topological polar surface area (TPSA) is 95.9 Å². The molecule has 57 heavy (non-hydrogen) atoms. The predicted molar refractivity (Wildman–Crippen MR) is 246 cm³/mol. The van der Waals surface area contributed by atoms with Crippen LogP contribution in [-0.2, 0) is 14.3 Å². The van der Waals surface area contributed by atoms with Gasteiger partial charge in [-0.15, -0.1) is 0 Å². The molecule has 0 aromatic heterocycles. The fourth-order valence-corrected chi connectivity index (χ4v) is 8.26. The number of hydrogen-bond acceptors (Lipinski definition) is 5. The van der Waals surface area contributed by atoms with Gasteiger partial charge in [-0.1, -0.05) is 252 Å². The zero-order chi connectivity index (χ0) is 41.7. The van der Waals surface area contributed by atoms with Gasteiger partial charge < -0.3 is 20.3 Å². The molecule has 0 saturated carbocycles. The lowest BCUT2D eigenvalue weighted by atomic mass is 10.0. The van der Waals surface area contributed by atoms with Crippen molar-refractivity contribution in [2.24, 2.45) is 0 Å². The minimum absolute atomic E-state index is 0.0877. The first-order valence-electron chi connectivity index (χ1n) is 25.8. The van der Waals surface area contributed by atoms with E-state index < -0.39 is 18.2 Å². The van der Waals surface area contributed by atoms with E-state index in [1.54, 1.807) is 0 Å². The molecule has 0 heterocycles. The van der Waals surface area contributed by atoms with E-state index in [0.29, 0.717) is 19.3 Å². The molecule has 3 unspecified atom stereocenters. The number of carbonyl (C=O) groups is 2. The molecule has 0 aromatic rings. The van der Waals surface area contributed by atoms with E-state index >= 15 is 0 Å². The maximum Gasteiger partial charge on any atom is 0.306 e. The van der Waals surface area contributed by atoms with E-state index in [-0.39, 0.29) is 24.9 Å². The van der Waals surface area contributed by atoms with Crippen LogP contribution in [0.15, 0.2) is 0 Å². The molecule has 6 heteroatoms. The third kappa shape index (κ3) is 41.4. The predicted octanol–water partition coefficient (Wildman–Crippen LogP) is 15.2. The lowest BCUT2D eigenvalue weighted by Gasteiger charge is -2.24. The Morgan fingerprint density at radius 3 is 1.07 bits per heavy atom. The van der Waals surface area contributed by atoms with Crippen LogP contribution in [0.1, 0.15) is 290 Å². The van der Waals surface area contributed by atoms with E-state index in [2.05, 4.69) is 26.1 Å². The van der Waals surface area contributed by atoms with Crippen LogP contribution in [-0.4, -0.2) is 46.9 Å². The number of amides is 1. The summed E-state index contributed by atoms with van der Waals surface area (Å²) in [5.41, 5.74) is 0. The zero-order valence-electron chi connectivity index (χ0n) is 38.8. The van der Waals surface area contributed by atoms with Gasteiger partial charge in [0.1, 0.15) is 6.10 Å². The second kappa shape index (κ2) is 45.9. The minimum Gasteiger partial charge on any atom is -0.462 e. The number of ether oxygens (including phenoxy) is 1. The van der Waals surface area contributed by atoms with Gasteiger partial charge in [-0.3, -0.25) is 9.59 Å². The molecule has 3 atom stereocenters. The number of aliphatic hydroxyl groups excluding tert-OH is 2. The third-order valence-electron chi connectivity index (χ3n) is 12.2. The van der Waals surface area contributed by atoms with Crippen molar-refractivity contribution in [1.29, 1.82) is 0 Å². The van der Waals surface area contributed by atoms with Crippen LogP contribution in [0.25, 0.3) is 0 Å². The van der Waals surface area contributed by atoms with Crippen LogP contribution in [0.5, 0.6) is 0 Å². The number of rotatable bonds is 47. The molecule has 0 fully saturated rings. The quantitative estimate of drug-likeness (QED) is 0.0420. The number of unbranched alkanes of at least 4 members (excludes halogenated alkanes) is 35. The summed E-state index contributed by atoms with van der Waals surface area (Å²) in [6, 6.07) is -0.691. The summed E-state index contributed by atoms with van der Waals surface area (Å²) < 4.78 is 5.93. The summed E-state index contributed by atoms with van der Waals surface area (Å²) in [5, 5.41) is 23.7. The summed E-state index contributed by atoms with van der Waals surface area (Å²) in [4.78, 5) is 26.1. The smallest absolute Gasteiger partial charge is 0.306 e. The molecule has 6 nitrogen and oxygen atoms in total. The Hall–Kier alpha value is -1.14. The fourth-order valence-electron chi connectivity index (χ4n) is 8.26. The molecule has 0 spiro atoms. The molecule has 0 bridgehead atoms. The summed E-state index contributed by atoms with van der Waals surface area (Å²) in [5.74, 6) is -0.452. The van der Waals surface area contributed by atoms with Crippen molar-refractivity contribution in [3.05, 3.63) is 0 Å². The van der Waals surface area contributed by atoms with Crippen molar-refractivity contribution < 1.29 is 24.5 Å². The van der Waals surface area contributed by atoms with Crippen molar-refractivity contribution >= 4 is 11.9 Å². The van der Waals surface area contributed by atoms with Crippen molar-refractivity contribution in [3.63, 3.8) is 0 Å². The highest BCUT2D eigenvalue weighted by Crippen LogP contribution is 2.19.